The highest BCUT2D eigenvalue weighted by molar-refractivity contribution is 7.00. The zero-order valence-corrected chi connectivity index (χ0v) is 38.6. The second kappa shape index (κ2) is 16.8. The number of aryl methyl sites for hydroxylation is 3. The molecule has 4 heteroatoms. The van der Waals surface area contributed by atoms with E-state index in [0.717, 1.165) is 34.1 Å². The van der Waals surface area contributed by atoms with Gasteiger partial charge in [-0.25, -0.2) is 0 Å². The largest absolute Gasteiger partial charge is 0.311 e. The minimum atomic E-state index is -0.564. The molecule has 10 aromatic rings. The van der Waals surface area contributed by atoms with E-state index in [1.165, 1.54) is 72.4 Å². The molecule has 2 aliphatic heterocycles. The lowest BCUT2D eigenvalue weighted by molar-refractivity contribution is 0.745. The smallest absolute Gasteiger partial charge is 0.252 e. The maximum absolute atomic E-state index is 2.54. The normalized spacial score (nSPS) is 12.5. The van der Waals surface area contributed by atoms with Crippen LogP contribution < -0.4 is 31.1 Å². The predicted octanol–water partition coefficient (Wildman–Crippen LogP) is 14.5. The Bertz CT molecular complexity index is 3280. The van der Waals surface area contributed by atoms with E-state index in [2.05, 4.69) is 284 Å². The third kappa shape index (κ3) is 6.75. The van der Waals surface area contributed by atoms with Crippen LogP contribution in [0.4, 0.5) is 51.2 Å². The molecule has 0 aromatic heterocycles. The Kier molecular flexibility index (Phi) is 10.2. The topological polar surface area (TPSA) is 9.72 Å². The average Bonchev–Trinajstić information content (AvgIpc) is 3.39. The number of benzene rings is 10. The first kappa shape index (κ1) is 41.1. The van der Waals surface area contributed by atoms with E-state index in [1.807, 2.05) is 0 Å². The summed E-state index contributed by atoms with van der Waals surface area (Å²) in [5, 5.41) is 0. The molecule has 12 rings (SSSR count). The summed E-state index contributed by atoms with van der Waals surface area (Å²) < 4.78 is 0. The van der Waals surface area contributed by atoms with Crippen LogP contribution in [0.25, 0.3) is 0 Å². The Morgan fingerprint density at radius 3 is 1.09 bits per heavy atom. The lowest BCUT2D eigenvalue weighted by atomic mass is 9.33. The SMILES string of the molecule is Cc1ccc(N2c3ccc(C)cc3B3c4cc(C)ccc4N(c4ccc(C(c5ccccc5)(c5ccccc5)c5ccccc5)cc4)c4cc(N(c5ccccc5)c5ccccc5)cc2c43)cc1. The second-order valence-corrected chi connectivity index (χ2v) is 18.4. The molecule has 10 aromatic carbocycles. The summed E-state index contributed by atoms with van der Waals surface area (Å²) in [5.74, 6) is 0. The summed E-state index contributed by atoms with van der Waals surface area (Å²) in [7, 11) is 0. The minimum absolute atomic E-state index is 0.000126. The van der Waals surface area contributed by atoms with E-state index < -0.39 is 5.41 Å². The number of fused-ring (bicyclic) bond motifs is 4. The summed E-state index contributed by atoms with van der Waals surface area (Å²) in [5.41, 5.74) is 22.2. The van der Waals surface area contributed by atoms with Gasteiger partial charge in [0, 0.05) is 45.5 Å². The summed E-state index contributed by atoms with van der Waals surface area (Å²) in [6, 6.07) is 92.0. The van der Waals surface area contributed by atoms with Crippen molar-refractivity contribution in [2.75, 3.05) is 14.7 Å². The van der Waals surface area contributed by atoms with Gasteiger partial charge in [-0.2, -0.15) is 0 Å². The Balaban J connectivity index is 1.15. The Morgan fingerprint density at radius 1 is 0.324 bits per heavy atom. The molecule has 0 N–H and O–H groups in total. The van der Waals surface area contributed by atoms with Gasteiger partial charge < -0.3 is 14.7 Å². The average molecular weight is 872 g/mol. The third-order valence-corrected chi connectivity index (χ3v) is 14.1. The minimum Gasteiger partial charge on any atom is -0.311 e. The molecule has 0 bridgehead atoms. The number of nitrogens with zero attached hydrogens (tertiary/aromatic N) is 3. The molecular formula is C64H50BN3. The van der Waals surface area contributed by atoms with E-state index in [9.17, 15) is 0 Å². The molecule has 3 nitrogen and oxygen atoms in total. The number of hydrogen-bond donors (Lipinski definition) is 0. The molecule has 0 aliphatic carbocycles. The van der Waals surface area contributed by atoms with Gasteiger partial charge in [-0.3, -0.25) is 0 Å². The van der Waals surface area contributed by atoms with Crippen LogP contribution in [-0.2, 0) is 5.41 Å². The molecule has 0 saturated heterocycles. The molecular weight excluding hydrogens is 822 g/mol. The van der Waals surface area contributed by atoms with Crippen LogP contribution in [-0.4, -0.2) is 6.71 Å². The molecule has 0 saturated carbocycles. The van der Waals surface area contributed by atoms with Crippen LogP contribution in [0.3, 0.4) is 0 Å². The first-order chi connectivity index (χ1) is 33.5. The fourth-order valence-corrected chi connectivity index (χ4v) is 11.1. The first-order valence-electron chi connectivity index (χ1n) is 23.7. The summed E-state index contributed by atoms with van der Waals surface area (Å²) >= 11 is 0. The first-order valence-corrected chi connectivity index (χ1v) is 23.7. The fourth-order valence-electron chi connectivity index (χ4n) is 11.1. The third-order valence-electron chi connectivity index (χ3n) is 14.1. The monoisotopic (exact) mass is 871 g/mol. The zero-order chi connectivity index (χ0) is 45.8. The lowest BCUT2D eigenvalue weighted by Gasteiger charge is -2.45. The van der Waals surface area contributed by atoms with Gasteiger partial charge in [0.1, 0.15) is 0 Å². The number of hydrogen-bond acceptors (Lipinski definition) is 3. The number of anilines is 9. The van der Waals surface area contributed by atoms with Gasteiger partial charge in [0.15, 0.2) is 0 Å². The highest BCUT2D eigenvalue weighted by atomic mass is 15.2. The molecule has 0 atom stereocenters. The van der Waals surface area contributed by atoms with Gasteiger partial charge in [0.2, 0.25) is 0 Å². The quantitative estimate of drug-likeness (QED) is 0.106. The Labute approximate surface area is 400 Å². The van der Waals surface area contributed by atoms with E-state index >= 15 is 0 Å². The van der Waals surface area contributed by atoms with Crippen molar-refractivity contribution >= 4 is 74.3 Å². The van der Waals surface area contributed by atoms with Crippen LogP contribution in [0.2, 0.25) is 0 Å². The zero-order valence-electron chi connectivity index (χ0n) is 38.6. The van der Waals surface area contributed by atoms with Crippen molar-refractivity contribution in [3.63, 3.8) is 0 Å². The van der Waals surface area contributed by atoms with Gasteiger partial charge in [-0.05, 0) is 132 Å². The molecule has 0 spiro atoms. The molecule has 0 radical (unpaired) electrons. The lowest BCUT2D eigenvalue weighted by Crippen LogP contribution is -2.61. The highest BCUT2D eigenvalue weighted by Crippen LogP contribution is 2.50. The van der Waals surface area contributed by atoms with Gasteiger partial charge in [0.25, 0.3) is 6.71 Å². The van der Waals surface area contributed by atoms with Crippen LogP contribution in [0.15, 0.2) is 249 Å². The Hall–Kier alpha value is -8.34. The number of para-hydroxylation sites is 2. The van der Waals surface area contributed by atoms with Crippen LogP contribution in [0, 0.1) is 20.8 Å². The fraction of sp³-hybridized carbons (Fsp3) is 0.0625. The van der Waals surface area contributed by atoms with Crippen LogP contribution in [0.5, 0.6) is 0 Å². The standard InChI is InChI=1S/C64H50BN3/c1-45-29-35-54(36-30-45)67-59-39-31-46(2)41-57(59)65-58-42-47(3)32-40-60(58)68(62-44-56(43-61(67)63(62)65)66(52-25-15-7-16-26-52)53-27-17-8-18-28-53)55-37-33-51(34-38-55)64(48-19-9-4-10-20-48,49-21-11-5-12-22-49)50-23-13-6-14-24-50/h4-44H,1-3H3. The maximum Gasteiger partial charge on any atom is 0.252 e. The van der Waals surface area contributed by atoms with Gasteiger partial charge in [-0.1, -0.05) is 193 Å². The highest BCUT2D eigenvalue weighted by Gasteiger charge is 2.45. The molecule has 324 valence electrons. The maximum atomic E-state index is 2.54. The van der Waals surface area contributed by atoms with E-state index in [4.69, 9.17) is 0 Å². The van der Waals surface area contributed by atoms with Crippen LogP contribution >= 0.6 is 0 Å². The van der Waals surface area contributed by atoms with Crippen molar-refractivity contribution in [2.45, 2.75) is 26.2 Å². The molecule has 0 fully saturated rings. The predicted molar refractivity (Wildman–Crippen MR) is 288 cm³/mol. The molecule has 0 unspecified atom stereocenters. The Morgan fingerprint density at radius 2 is 0.676 bits per heavy atom. The van der Waals surface area contributed by atoms with Crippen molar-refractivity contribution in [1.29, 1.82) is 0 Å². The van der Waals surface area contributed by atoms with Gasteiger partial charge >= 0.3 is 0 Å². The van der Waals surface area contributed by atoms with Crippen molar-refractivity contribution < 1.29 is 0 Å². The molecule has 0 amide bonds. The molecule has 68 heavy (non-hydrogen) atoms. The van der Waals surface area contributed by atoms with E-state index in [-0.39, 0.29) is 6.71 Å². The number of rotatable bonds is 9. The van der Waals surface area contributed by atoms with E-state index in [1.54, 1.807) is 0 Å². The van der Waals surface area contributed by atoms with Crippen LogP contribution in [0.1, 0.15) is 38.9 Å². The van der Waals surface area contributed by atoms with Crippen molar-refractivity contribution in [3.8, 4) is 0 Å². The van der Waals surface area contributed by atoms with Crippen molar-refractivity contribution in [2.24, 2.45) is 0 Å². The van der Waals surface area contributed by atoms with Crippen molar-refractivity contribution in [1.82, 2.24) is 0 Å². The molecule has 2 aliphatic rings. The summed E-state index contributed by atoms with van der Waals surface area (Å²) in [4.78, 5) is 7.45. The van der Waals surface area contributed by atoms with Crippen molar-refractivity contribution in [3.05, 3.63) is 288 Å². The van der Waals surface area contributed by atoms with Gasteiger partial charge in [-0.15, -0.1) is 0 Å². The van der Waals surface area contributed by atoms with E-state index in [0.29, 0.717) is 0 Å². The summed E-state index contributed by atoms with van der Waals surface area (Å²) in [6.45, 7) is 6.62. The summed E-state index contributed by atoms with van der Waals surface area (Å²) in [6.07, 6.45) is 0. The second-order valence-electron chi connectivity index (χ2n) is 18.4. The van der Waals surface area contributed by atoms with Gasteiger partial charge in [0.05, 0.1) is 11.1 Å². The molecule has 2 heterocycles.